The molecule has 1 atom stereocenters. The molecule has 7 aromatic carbocycles. The molecular weight excluding hydrogens is 458 g/mol. The van der Waals surface area contributed by atoms with Crippen LogP contribution in [0.1, 0.15) is 41.5 Å². The van der Waals surface area contributed by atoms with E-state index in [0.717, 1.165) is 12.8 Å². The van der Waals surface area contributed by atoms with Crippen molar-refractivity contribution < 1.29 is 0 Å². The van der Waals surface area contributed by atoms with E-state index < -0.39 is 0 Å². The predicted molar refractivity (Wildman–Crippen MR) is 162 cm³/mol. The second-order valence-corrected chi connectivity index (χ2v) is 10.9. The lowest BCUT2D eigenvalue weighted by Crippen LogP contribution is -2.19. The SMILES string of the molecule is CCC1=Nc2cccc3c2[C@@H]1c1c(cccc1-c1ccc2c4cccc5cccc(c6cccc1c62)c54)C3. The van der Waals surface area contributed by atoms with Gasteiger partial charge in [0.25, 0.3) is 0 Å². The zero-order chi connectivity index (χ0) is 25.0. The van der Waals surface area contributed by atoms with Crippen molar-refractivity contribution >= 4 is 54.5 Å². The Balaban J connectivity index is 1.39. The van der Waals surface area contributed by atoms with Crippen molar-refractivity contribution in [2.45, 2.75) is 25.7 Å². The van der Waals surface area contributed by atoms with Crippen LogP contribution in [0.5, 0.6) is 0 Å². The minimum absolute atomic E-state index is 0.256. The lowest BCUT2D eigenvalue weighted by molar-refractivity contribution is 0.953. The Morgan fingerprint density at radius 1 is 0.579 bits per heavy atom. The van der Waals surface area contributed by atoms with E-state index in [0.29, 0.717) is 0 Å². The zero-order valence-corrected chi connectivity index (χ0v) is 21.3. The molecule has 0 unspecified atom stereocenters. The molecule has 0 spiro atoms. The predicted octanol–water partition coefficient (Wildman–Crippen LogP) is 9.94. The molecule has 7 aromatic rings. The largest absolute Gasteiger partial charge is 0.257 e. The van der Waals surface area contributed by atoms with Gasteiger partial charge in [-0.15, -0.1) is 0 Å². The molecule has 178 valence electrons. The highest BCUT2D eigenvalue weighted by atomic mass is 14.8. The maximum atomic E-state index is 5.13. The Hall–Kier alpha value is -4.49. The average molecular weight is 484 g/mol. The fourth-order valence-corrected chi connectivity index (χ4v) is 7.59. The lowest BCUT2D eigenvalue weighted by atomic mass is 9.73. The van der Waals surface area contributed by atoms with E-state index in [9.17, 15) is 0 Å². The van der Waals surface area contributed by atoms with Crippen molar-refractivity contribution in [3.63, 3.8) is 0 Å². The van der Waals surface area contributed by atoms with Crippen LogP contribution in [-0.4, -0.2) is 5.71 Å². The van der Waals surface area contributed by atoms with Gasteiger partial charge in [-0.1, -0.05) is 104 Å². The Labute approximate surface area is 221 Å². The molecule has 0 saturated carbocycles. The number of nitrogens with zero attached hydrogens (tertiary/aromatic N) is 1. The van der Waals surface area contributed by atoms with Gasteiger partial charge in [-0.2, -0.15) is 0 Å². The number of aliphatic imine (C=N–C) groups is 1. The summed E-state index contributed by atoms with van der Waals surface area (Å²) in [5.41, 5.74) is 10.9. The van der Waals surface area contributed by atoms with E-state index >= 15 is 0 Å². The minimum Gasteiger partial charge on any atom is -0.257 e. The van der Waals surface area contributed by atoms with Gasteiger partial charge in [-0.05, 0) is 95.4 Å². The first-order chi connectivity index (χ1) is 18.8. The van der Waals surface area contributed by atoms with Crippen molar-refractivity contribution in [2.75, 3.05) is 0 Å². The molecule has 1 nitrogen and oxygen atoms in total. The van der Waals surface area contributed by atoms with Gasteiger partial charge in [-0.3, -0.25) is 4.99 Å². The first-order valence-corrected chi connectivity index (χ1v) is 13.7. The van der Waals surface area contributed by atoms with Crippen LogP contribution in [0.2, 0.25) is 0 Å². The summed E-state index contributed by atoms with van der Waals surface area (Å²) in [5, 5.41) is 10.8. The van der Waals surface area contributed by atoms with Crippen molar-refractivity contribution in [1.29, 1.82) is 0 Å². The second-order valence-electron chi connectivity index (χ2n) is 10.9. The fourth-order valence-electron chi connectivity index (χ4n) is 7.59. The molecule has 0 fully saturated rings. The first-order valence-electron chi connectivity index (χ1n) is 13.7. The molecule has 0 bridgehead atoms. The third kappa shape index (κ3) is 2.49. The van der Waals surface area contributed by atoms with Gasteiger partial charge in [0.15, 0.2) is 0 Å². The number of benzene rings is 7. The highest BCUT2D eigenvalue weighted by Crippen LogP contribution is 2.51. The molecule has 0 radical (unpaired) electrons. The van der Waals surface area contributed by atoms with E-state index in [1.54, 1.807) is 0 Å². The quantitative estimate of drug-likeness (QED) is 0.171. The molecule has 0 aromatic heterocycles. The molecule has 0 saturated heterocycles. The normalized spacial score (nSPS) is 15.9. The van der Waals surface area contributed by atoms with Crippen molar-refractivity contribution in [2.24, 2.45) is 4.99 Å². The van der Waals surface area contributed by atoms with Crippen molar-refractivity contribution in [3.05, 3.63) is 125 Å². The molecule has 2 aliphatic rings. The Morgan fingerprint density at radius 2 is 1.21 bits per heavy atom. The van der Waals surface area contributed by atoms with Crippen LogP contribution in [0.25, 0.3) is 54.2 Å². The molecule has 1 heteroatoms. The van der Waals surface area contributed by atoms with Gasteiger partial charge in [0, 0.05) is 5.71 Å². The maximum absolute atomic E-state index is 5.13. The minimum atomic E-state index is 0.256. The smallest absolute Gasteiger partial charge is 0.0674 e. The van der Waals surface area contributed by atoms with Crippen LogP contribution < -0.4 is 0 Å². The van der Waals surface area contributed by atoms with Crippen LogP contribution >= 0.6 is 0 Å². The summed E-state index contributed by atoms with van der Waals surface area (Å²) in [6, 6.07) is 38.7. The monoisotopic (exact) mass is 483 g/mol. The third-order valence-corrected chi connectivity index (χ3v) is 9.10. The standard InChI is InChI=1S/C37H25N/c1-2-31-37-34-22(20-23-11-6-17-32(38-31)35(23)37)10-5-12-25(34)24-18-19-30-28-14-4-9-21-8-3-13-27(33(21)28)29-16-7-15-26(24)36(29)30/h3-19,37H,2,20H2,1H3/t37-/m0/s1. The lowest BCUT2D eigenvalue weighted by Gasteiger charge is -2.29. The summed E-state index contributed by atoms with van der Waals surface area (Å²) in [4.78, 5) is 5.13. The fraction of sp³-hybridized carbons (Fsp3) is 0.108. The summed E-state index contributed by atoms with van der Waals surface area (Å²) in [6.45, 7) is 2.25. The summed E-state index contributed by atoms with van der Waals surface area (Å²) >= 11 is 0. The van der Waals surface area contributed by atoms with E-state index in [1.807, 2.05) is 0 Å². The summed E-state index contributed by atoms with van der Waals surface area (Å²) in [6.07, 6.45) is 1.95. The number of hydrogen-bond acceptors (Lipinski definition) is 1. The molecule has 38 heavy (non-hydrogen) atoms. The third-order valence-electron chi connectivity index (χ3n) is 9.10. The van der Waals surface area contributed by atoms with Crippen LogP contribution in [0.15, 0.2) is 108 Å². The van der Waals surface area contributed by atoms with Gasteiger partial charge >= 0.3 is 0 Å². The topological polar surface area (TPSA) is 12.4 Å². The summed E-state index contributed by atoms with van der Waals surface area (Å²) in [5.74, 6) is 0.256. The van der Waals surface area contributed by atoms with Crippen LogP contribution in [-0.2, 0) is 6.42 Å². The zero-order valence-electron chi connectivity index (χ0n) is 21.3. The Kier molecular flexibility index (Phi) is 3.95. The number of hydrogen-bond donors (Lipinski definition) is 0. The summed E-state index contributed by atoms with van der Waals surface area (Å²) in [7, 11) is 0. The van der Waals surface area contributed by atoms with Gasteiger partial charge < -0.3 is 0 Å². The van der Waals surface area contributed by atoms with Crippen LogP contribution in [0, 0.1) is 0 Å². The molecular formula is C37H25N. The van der Waals surface area contributed by atoms with Crippen molar-refractivity contribution in [1.82, 2.24) is 0 Å². The van der Waals surface area contributed by atoms with Gasteiger partial charge in [-0.25, -0.2) is 0 Å². The Morgan fingerprint density at radius 3 is 2.00 bits per heavy atom. The van der Waals surface area contributed by atoms with E-state index in [1.165, 1.54) is 87.9 Å². The highest BCUT2D eigenvalue weighted by molar-refractivity contribution is 6.34. The average Bonchev–Trinajstić information content (AvgIpc) is 3.35. The van der Waals surface area contributed by atoms with Crippen molar-refractivity contribution in [3.8, 4) is 11.1 Å². The Bertz CT molecular complexity index is 2100. The van der Waals surface area contributed by atoms with Gasteiger partial charge in [0.2, 0.25) is 0 Å². The number of rotatable bonds is 2. The molecule has 0 amide bonds. The highest BCUT2D eigenvalue weighted by Gasteiger charge is 2.36. The summed E-state index contributed by atoms with van der Waals surface area (Å²) < 4.78 is 0. The van der Waals surface area contributed by atoms with E-state index in [4.69, 9.17) is 4.99 Å². The van der Waals surface area contributed by atoms with Gasteiger partial charge in [0.05, 0.1) is 11.6 Å². The molecule has 0 N–H and O–H groups in total. The first kappa shape index (κ1) is 20.6. The molecule has 1 aliphatic heterocycles. The molecule has 1 aliphatic carbocycles. The maximum Gasteiger partial charge on any atom is 0.0674 e. The van der Waals surface area contributed by atoms with E-state index in [-0.39, 0.29) is 5.92 Å². The van der Waals surface area contributed by atoms with Crippen LogP contribution in [0.3, 0.4) is 0 Å². The molecule has 9 rings (SSSR count). The van der Waals surface area contributed by atoms with Crippen LogP contribution in [0.4, 0.5) is 5.69 Å². The van der Waals surface area contributed by atoms with Gasteiger partial charge in [0.1, 0.15) is 0 Å². The second kappa shape index (κ2) is 7.30. The van der Waals surface area contributed by atoms with E-state index in [2.05, 4.69) is 110 Å². The molecule has 1 heterocycles. The number of fused-ring (bicyclic) bond motifs is 4.